The monoisotopic (exact) mass is 323 g/mol. The Bertz CT molecular complexity index is 476. The van der Waals surface area contributed by atoms with Crippen molar-refractivity contribution in [2.75, 3.05) is 19.8 Å². The van der Waals surface area contributed by atoms with Crippen LogP contribution in [0.25, 0.3) is 0 Å². The Labute approximate surface area is 137 Å². The number of aliphatic hydroxyl groups is 1. The van der Waals surface area contributed by atoms with Gasteiger partial charge in [-0.15, -0.1) is 0 Å². The van der Waals surface area contributed by atoms with Crippen LogP contribution in [0.15, 0.2) is 24.3 Å². The van der Waals surface area contributed by atoms with Gasteiger partial charge in [0.1, 0.15) is 17.7 Å². The maximum absolute atomic E-state index is 13.0. The van der Waals surface area contributed by atoms with Crippen LogP contribution in [0, 0.1) is 11.7 Å². The van der Waals surface area contributed by atoms with E-state index in [-0.39, 0.29) is 17.8 Å². The molecule has 4 nitrogen and oxygen atoms in total. The molecule has 2 fully saturated rings. The summed E-state index contributed by atoms with van der Waals surface area (Å²) in [4.78, 5) is 0. The van der Waals surface area contributed by atoms with Gasteiger partial charge in [-0.2, -0.15) is 0 Å². The number of hydrogen-bond acceptors (Lipinski definition) is 4. The largest absolute Gasteiger partial charge is 0.488 e. The number of aliphatic hydroxyl groups excluding tert-OH is 1. The fourth-order valence-electron chi connectivity index (χ4n) is 3.49. The molecule has 0 aromatic heterocycles. The van der Waals surface area contributed by atoms with Crippen molar-refractivity contribution in [2.45, 2.75) is 50.4 Å². The van der Waals surface area contributed by atoms with Crippen molar-refractivity contribution in [3.05, 3.63) is 30.1 Å². The Morgan fingerprint density at radius 2 is 1.87 bits per heavy atom. The molecule has 5 heteroatoms. The lowest BCUT2D eigenvalue weighted by atomic mass is 9.84. The molecule has 3 rings (SSSR count). The molecule has 2 N–H and O–H groups in total. The molecular weight excluding hydrogens is 297 g/mol. The van der Waals surface area contributed by atoms with E-state index in [2.05, 4.69) is 5.32 Å². The van der Waals surface area contributed by atoms with Crippen LogP contribution in [0.5, 0.6) is 5.75 Å². The van der Waals surface area contributed by atoms with Gasteiger partial charge < -0.3 is 19.9 Å². The van der Waals surface area contributed by atoms with Crippen molar-refractivity contribution >= 4 is 0 Å². The quantitative estimate of drug-likeness (QED) is 0.874. The summed E-state index contributed by atoms with van der Waals surface area (Å²) in [6.07, 6.45) is 4.28. The smallest absolute Gasteiger partial charge is 0.125 e. The van der Waals surface area contributed by atoms with Gasteiger partial charge in [-0.05, 0) is 56.4 Å². The van der Waals surface area contributed by atoms with Gasteiger partial charge in [-0.3, -0.25) is 0 Å². The van der Waals surface area contributed by atoms with Crippen LogP contribution in [0.3, 0.4) is 0 Å². The van der Waals surface area contributed by atoms with Gasteiger partial charge in [0.15, 0.2) is 0 Å². The van der Waals surface area contributed by atoms with E-state index in [0.717, 1.165) is 51.9 Å². The van der Waals surface area contributed by atoms with E-state index >= 15 is 0 Å². The van der Waals surface area contributed by atoms with Crippen molar-refractivity contribution in [1.29, 1.82) is 0 Å². The van der Waals surface area contributed by atoms with Crippen LogP contribution in [0.4, 0.5) is 4.39 Å². The highest BCUT2D eigenvalue weighted by atomic mass is 19.1. The highest BCUT2D eigenvalue weighted by Crippen LogP contribution is 2.28. The number of halogens is 1. The maximum Gasteiger partial charge on any atom is 0.125 e. The highest BCUT2D eigenvalue weighted by molar-refractivity contribution is 5.22. The Morgan fingerprint density at radius 1 is 1.13 bits per heavy atom. The normalized spacial score (nSPS) is 29.4. The number of hydrogen-bond donors (Lipinski definition) is 2. The van der Waals surface area contributed by atoms with Crippen LogP contribution in [0.2, 0.25) is 0 Å². The topological polar surface area (TPSA) is 50.7 Å². The van der Waals surface area contributed by atoms with E-state index in [9.17, 15) is 9.50 Å². The molecule has 0 radical (unpaired) electrons. The van der Waals surface area contributed by atoms with Crippen molar-refractivity contribution in [1.82, 2.24) is 5.32 Å². The van der Waals surface area contributed by atoms with E-state index in [0.29, 0.717) is 11.8 Å². The van der Waals surface area contributed by atoms with Crippen molar-refractivity contribution in [2.24, 2.45) is 5.92 Å². The minimum atomic E-state index is -0.485. The van der Waals surface area contributed by atoms with E-state index in [1.807, 2.05) is 0 Å². The molecule has 1 saturated heterocycles. The second-order valence-corrected chi connectivity index (χ2v) is 6.59. The molecule has 2 aliphatic rings. The van der Waals surface area contributed by atoms with Gasteiger partial charge in [-0.25, -0.2) is 4.39 Å². The minimum Gasteiger partial charge on any atom is -0.488 e. The summed E-state index contributed by atoms with van der Waals surface area (Å²) in [5.41, 5.74) is 0. The summed E-state index contributed by atoms with van der Waals surface area (Å²) in [6, 6.07) is 6.50. The third-order valence-corrected chi connectivity index (χ3v) is 4.92. The Kier molecular flexibility index (Phi) is 5.86. The minimum absolute atomic E-state index is 0.206. The van der Waals surface area contributed by atoms with E-state index in [4.69, 9.17) is 9.47 Å². The molecule has 3 atom stereocenters. The predicted molar refractivity (Wildman–Crippen MR) is 86.0 cm³/mol. The summed E-state index contributed by atoms with van der Waals surface area (Å²) in [5.74, 6) is 0.547. The molecule has 1 saturated carbocycles. The van der Waals surface area contributed by atoms with Crippen molar-refractivity contribution in [3.8, 4) is 5.75 Å². The van der Waals surface area contributed by atoms with Gasteiger partial charge in [0.05, 0.1) is 6.10 Å². The number of rotatable bonds is 5. The summed E-state index contributed by atoms with van der Waals surface area (Å²) in [5, 5.41) is 14.2. The Morgan fingerprint density at radius 3 is 2.61 bits per heavy atom. The van der Waals surface area contributed by atoms with Crippen LogP contribution >= 0.6 is 0 Å². The van der Waals surface area contributed by atoms with E-state index in [1.54, 1.807) is 12.1 Å². The first-order chi connectivity index (χ1) is 11.2. The molecule has 1 aromatic rings. The lowest BCUT2D eigenvalue weighted by Gasteiger charge is -2.36. The molecule has 128 valence electrons. The second-order valence-electron chi connectivity index (χ2n) is 6.59. The SMILES string of the molecule is O[C@@H]1[C@@H](CNC2CCOCC2)CCC[C@H]1Oc1ccc(F)cc1. The lowest BCUT2D eigenvalue weighted by Crippen LogP contribution is -2.47. The van der Waals surface area contributed by atoms with Crippen molar-refractivity contribution < 1.29 is 19.0 Å². The molecular formula is C18H26FNO3. The van der Waals surface area contributed by atoms with Crippen molar-refractivity contribution in [3.63, 3.8) is 0 Å². The van der Waals surface area contributed by atoms with Gasteiger partial charge in [-0.1, -0.05) is 0 Å². The standard InChI is InChI=1S/C18H26FNO3/c19-14-4-6-16(7-5-14)23-17-3-1-2-13(18(17)21)12-20-15-8-10-22-11-9-15/h4-7,13,15,17-18,20-21H,1-3,8-12H2/t13-,17-,18-/m1/s1. The first-order valence-corrected chi connectivity index (χ1v) is 8.64. The summed E-state index contributed by atoms with van der Waals surface area (Å²) in [6.45, 7) is 2.46. The Balaban J connectivity index is 1.50. The molecule has 0 amide bonds. The average Bonchev–Trinajstić information content (AvgIpc) is 2.58. The predicted octanol–water partition coefficient (Wildman–Crippen LogP) is 2.50. The molecule has 1 heterocycles. The zero-order chi connectivity index (χ0) is 16.1. The first kappa shape index (κ1) is 16.7. The van der Waals surface area contributed by atoms with Gasteiger partial charge in [0.25, 0.3) is 0 Å². The fourth-order valence-corrected chi connectivity index (χ4v) is 3.49. The van der Waals surface area contributed by atoms with Crippen LogP contribution < -0.4 is 10.1 Å². The zero-order valence-corrected chi connectivity index (χ0v) is 13.4. The summed E-state index contributed by atoms with van der Waals surface area (Å²) in [7, 11) is 0. The fraction of sp³-hybridized carbons (Fsp3) is 0.667. The molecule has 1 aromatic carbocycles. The zero-order valence-electron chi connectivity index (χ0n) is 13.4. The maximum atomic E-state index is 13.0. The number of nitrogens with one attached hydrogen (secondary N) is 1. The van der Waals surface area contributed by atoms with Gasteiger partial charge in [0, 0.05) is 31.7 Å². The van der Waals surface area contributed by atoms with Crippen LogP contribution in [-0.4, -0.2) is 43.1 Å². The first-order valence-electron chi connectivity index (χ1n) is 8.64. The van der Waals surface area contributed by atoms with Gasteiger partial charge >= 0.3 is 0 Å². The molecule has 1 aliphatic heterocycles. The summed E-state index contributed by atoms with van der Waals surface area (Å²) < 4.78 is 24.2. The molecule has 23 heavy (non-hydrogen) atoms. The van der Waals surface area contributed by atoms with E-state index < -0.39 is 6.10 Å². The molecule has 1 aliphatic carbocycles. The average molecular weight is 323 g/mol. The number of benzene rings is 1. The molecule has 0 spiro atoms. The third kappa shape index (κ3) is 4.66. The third-order valence-electron chi connectivity index (χ3n) is 4.92. The van der Waals surface area contributed by atoms with E-state index in [1.165, 1.54) is 12.1 Å². The van der Waals surface area contributed by atoms with Gasteiger partial charge in [0.2, 0.25) is 0 Å². The Hall–Kier alpha value is -1.17. The van der Waals surface area contributed by atoms with Crippen LogP contribution in [-0.2, 0) is 4.74 Å². The highest BCUT2D eigenvalue weighted by Gasteiger charge is 2.33. The second kappa shape index (κ2) is 8.08. The molecule has 0 bridgehead atoms. The summed E-state index contributed by atoms with van der Waals surface area (Å²) >= 11 is 0. The molecule has 0 unspecified atom stereocenters. The van der Waals surface area contributed by atoms with Crippen LogP contribution in [0.1, 0.15) is 32.1 Å². The lowest BCUT2D eigenvalue weighted by molar-refractivity contribution is -0.0323. The number of ether oxygens (including phenoxy) is 2.